The summed E-state index contributed by atoms with van der Waals surface area (Å²) in [6.45, 7) is -1.04. The van der Waals surface area contributed by atoms with Crippen LogP contribution >= 0.6 is 0 Å². The molecule has 2 aromatic carbocycles. The quantitative estimate of drug-likeness (QED) is 0.0804. The molecule has 7 rings (SSSR count). The van der Waals surface area contributed by atoms with Crippen LogP contribution in [0.4, 0.5) is 0 Å². The first-order valence-corrected chi connectivity index (χ1v) is 19.9. The summed E-state index contributed by atoms with van der Waals surface area (Å²) in [5, 5.41) is 156. The molecule has 0 bridgehead atoms. The van der Waals surface area contributed by atoms with E-state index in [0.717, 1.165) is 12.1 Å². The molecule has 15 N–H and O–H groups in total. The van der Waals surface area contributed by atoms with E-state index in [-0.39, 0.29) is 17.1 Å². The normalized spacial score (nSPS) is 40.6. The fraction of sp³-hybridized carbons (Fsp3) is 0.615. The predicted molar refractivity (Wildman–Crippen MR) is 204 cm³/mol. The molecule has 0 aliphatic carbocycles. The smallest absolute Gasteiger partial charge is 0.239 e. The lowest BCUT2D eigenvalue weighted by atomic mass is 9.97. The highest BCUT2D eigenvalue weighted by molar-refractivity contribution is 5.88. The van der Waals surface area contributed by atoms with E-state index in [1.54, 1.807) is 0 Å². The molecule has 9 unspecified atom stereocenters. The zero-order chi connectivity index (χ0) is 46.5. The van der Waals surface area contributed by atoms with E-state index in [1.807, 2.05) is 0 Å². The van der Waals surface area contributed by atoms with E-state index in [2.05, 4.69) is 0 Å². The Kier molecular flexibility index (Phi) is 14.6. The minimum Gasteiger partial charge on any atom is -0.508 e. The molecule has 0 spiro atoms. The molecule has 5 heterocycles. The fourth-order valence-corrected chi connectivity index (χ4v) is 7.61. The molecule has 25 heteroatoms. The minimum absolute atomic E-state index is 0.0209. The van der Waals surface area contributed by atoms with Crippen molar-refractivity contribution < 1.29 is 119 Å². The van der Waals surface area contributed by atoms with Gasteiger partial charge in [0.25, 0.3) is 0 Å². The number of phenolic OH excluding ortho intramolecular Hbond substituents is 2. The van der Waals surface area contributed by atoms with Crippen molar-refractivity contribution in [1.29, 1.82) is 0 Å². The van der Waals surface area contributed by atoms with Gasteiger partial charge in [0.2, 0.25) is 23.8 Å². The first-order valence-electron chi connectivity index (χ1n) is 19.9. The van der Waals surface area contributed by atoms with Crippen LogP contribution < -0.4 is 14.9 Å². The third-order valence-electron chi connectivity index (χ3n) is 11.4. The SMILES string of the molecule is CC1O[C@@H](OCC2O[C@@H](Oc3c(-c4ccc(O)cc4)oc4cc(O[C@@H]5OC(CO)[C@@H](O)[C@H](O)C5O)cc(O)c4c3=O)C(O[C@@H]3OC(CO)[C@@H](O)C(O)[C@H]3O)C(O)[C@@H]2O)C(O)[C@@H](O)[C@H]1O. The number of fused-ring (bicyclic) bond motifs is 1. The number of hydrogen-bond donors (Lipinski definition) is 15. The van der Waals surface area contributed by atoms with Gasteiger partial charge in [-0.05, 0) is 31.2 Å². The predicted octanol–water partition coefficient (Wildman–Crippen LogP) is -6.10. The molecule has 4 aliphatic rings. The Balaban J connectivity index is 1.27. The standard InChI is InChI=1S/C39H50O25/c1-11-21(44)26(49)30(53)36(57-11)56-10-19-24(47)29(52)35(64-38-32(55)28(51)23(46)18(9-41)61-38)39(62-19)63-34-25(48)20-15(43)6-14(58-37-31(54)27(50)22(45)17(8-40)60-37)7-16(20)59-33(34)12-2-4-13(42)5-3-12/h2-7,11,17-19,21-24,26-32,35-47,49-55H,8-10H2,1H3/t11?,17?,18?,19?,21-,22+,23+,24+,26-,27-,28?,29?,30?,31?,32+,35?,36+,37+,38-,39-/m0/s1. The van der Waals surface area contributed by atoms with Crippen molar-refractivity contribution in [3.63, 3.8) is 0 Å². The van der Waals surface area contributed by atoms with Crippen molar-refractivity contribution >= 4 is 11.0 Å². The maximum absolute atomic E-state index is 14.5. The first kappa shape index (κ1) is 48.0. The summed E-state index contributed by atoms with van der Waals surface area (Å²) in [5.74, 6) is -2.63. The highest BCUT2D eigenvalue weighted by Crippen LogP contribution is 2.40. The van der Waals surface area contributed by atoms with Crippen molar-refractivity contribution in [2.24, 2.45) is 0 Å². The topological polar surface area (TPSA) is 408 Å². The van der Waals surface area contributed by atoms with Gasteiger partial charge in [0.1, 0.15) is 114 Å². The van der Waals surface area contributed by atoms with Gasteiger partial charge >= 0.3 is 0 Å². The van der Waals surface area contributed by atoms with Crippen molar-refractivity contribution in [3.05, 3.63) is 46.6 Å². The molecule has 20 atom stereocenters. The molecule has 1 aromatic heterocycles. The highest BCUT2D eigenvalue weighted by atomic mass is 16.8. The van der Waals surface area contributed by atoms with Gasteiger partial charge in [-0.15, -0.1) is 0 Å². The van der Waals surface area contributed by atoms with Crippen LogP contribution in [-0.2, 0) is 28.4 Å². The molecular weight excluding hydrogens is 868 g/mol. The Morgan fingerprint density at radius 2 is 1.12 bits per heavy atom. The molecule has 4 aliphatic heterocycles. The molecule has 4 fully saturated rings. The Morgan fingerprint density at radius 3 is 1.75 bits per heavy atom. The number of aliphatic hydroxyl groups is 13. The van der Waals surface area contributed by atoms with Crippen LogP contribution in [0.3, 0.4) is 0 Å². The Labute approximate surface area is 360 Å². The maximum atomic E-state index is 14.5. The highest BCUT2D eigenvalue weighted by Gasteiger charge is 2.53. The van der Waals surface area contributed by atoms with E-state index in [0.29, 0.717) is 0 Å². The average molecular weight is 919 g/mol. The summed E-state index contributed by atoms with van der Waals surface area (Å²) >= 11 is 0. The van der Waals surface area contributed by atoms with E-state index in [9.17, 15) is 81.4 Å². The Hall–Kier alpha value is -3.91. The molecule has 0 radical (unpaired) electrons. The van der Waals surface area contributed by atoms with Crippen LogP contribution in [0.1, 0.15) is 6.92 Å². The van der Waals surface area contributed by atoms with Crippen LogP contribution in [0.2, 0.25) is 0 Å². The molecule has 64 heavy (non-hydrogen) atoms. The monoisotopic (exact) mass is 918 g/mol. The van der Waals surface area contributed by atoms with E-state index in [4.69, 9.17) is 42.3 Å². The van der Waals surface area contributed by atoms with Gasteiger partial charge in [0, 0.05) is 17.7 Å². The largest absolute Gasteiger partial charge is 0.508 e. The maximum Gasteiger partial charge on any atom is 0.239 e. The lowest BCUT2D eigenvalue weighted by molar-refractivity contribution is -0.362. The van der Waals surface area contributed by atoms with Crippen molar-refractivity contribution in [2.75, 3.05) is 19.8 Å². The fourth-order valence-electron chi connectivity index (χ4n) is 7.61. The Bertz CT molecular complexity index is 2100. The van der Waals surface area contributed by atoms with E-state index < -0.39 is 176 Å². The molecule has 0 saturated carbocycles. The molecule has 356 valence electrons. The summed E-state index contributed by atoms with van der Waals surface area (Å²) in [7, 11) is 0. The number of benzene rings is 2. The number of aliphatic hydroxyl groups excluding tert-OH is 13. The van der Waals surface area contributed by atoms with Gasteiger partial charge in [-0.1, -0.05) is 0 Å². The van der Waals surface area contributed by atoms with Gasteiger partial charge in [0.15, 0.2) is 24.4 Å². The molecule has 4 saturated heterocycles. The summed E-state index contributed by atoms with van der Waals surface area (Å²) in [5.41, 5.74) is -1.54. The number of aromatic hydroxyl groups is 2. The lowest BCUT2D eigenvalue weighted by Gasteiger charge is -2.46. The first-order chi connectivity index (χ1) is 30.3. The summed E-state index contributed by atoms with van der Waals surface area (Å²) in [4.78, 5) is 14.5. The van der Waals surface area contributed by atoms with Crippen LogP contribution in [0.25, 0.3) is 22.3 Å². The molecular formula is C39H50O25. The molecule has 0 amide bonds. The van der Waals surface area contributed by atoms with Crippen molar-refractivity contribution in [3.8, 4) is 34.3 Å². The number of phenols is 2. The summed E-state index contributed by atoms with van der Waals surface area (Å²) < 4.78 is 51.5. The minimum atomic E-state index is -2.14. The van der Waals surface area contributed by atoms with Crippen LogP contribution in [0, 0.1) is 0 Å². The zero-order valence-corrected chi connectivity index (χ0v) is 33.4. The van der Waals surface area contributed by atoms with Crippen LogP contribution in [0.15, 0.2) is 45.6 Å². The third-order valence-corrected chi connectivity index (χ3v) is 11.4. The lowest BCUT2D eigenvalue weighted by Crippen LogP contribution is -2.65. The van der Waals surface area contributed by atoms with E-state index in [1.165, 1.54) is 31.2 Å². The van der Waals surface area contributed by atoms with Gasteiger partial charge in [0.05, 0.1) is 25.9 Å². The van der Waals surface area contributed by atoms with Gasteiger partial charge in [-0.2, -0.15) is 0 Å². The van der Waals surface area contributed by atoms with Gasteiger partial charge in [-0.3, -0.25) is 4.79 Å². The van der Waals surface area contributed by atoms with Gasteiger partial charge in [-0.25, -0.2) is 0 Å². The number of ether oxygens (including phenoxy) is 8. The number of rotatable bonds is 12. The second-order valence-electron chi connectivity index (χ2n) is 15.7. The third kappa shape index (κ3) is 9.25. The molecule has 25 nitrogen and oxygen atoms in total. The number of hydrogen-bond acceptors (Lipinski definition) is 25. The molecule has 3 aromatic rings. The van der Waals surface area contributed by atoms with Gasteiger partial charge < -0.3 is 119 Å². The zero-order valence-electron chi connectivity index (χ0n) is 33.4. The summed E-state index contributed by atoms with van der Waals surface area (Å²) in [6, 6.07) is 6.92. The van der Waals surface area contributed by atoms with E-state index >= 15 is 0 Å². The van der Waals surface area contributed by atoms with Crippen molar-refractivity contribution in [1.82, 2.24) is 0 Å². The van der Waals surface area contributed by atoms with Crippen molar-refractivity contribution in [2.45, 2.75) is 130 Å². The van der Waals surface area contributed by atoms with Crippen LogP contribution in [0.5, 0.6) is 23.0 Å². The second-order valence-corrected chi connectivity index (χ2v) is 15.7. The second kappa shape index (κ2) is 19.5. The van der Waals surface area contributed by atoms with Crippen LogP contribution in [-0.4, -0.2) is 219 Å². The summed E-state index contributed by atoms with van der Waals surface area (Å²) in [6.07, 6.45) is -35.5. The average Bonchev–Trinajstić information content (AvgIpc) is 3.27. The Morgan fingerprint density at radius 1 is 0.578 bits per heavy atom.